The summed E-state index contributed by atoms with van der Waals surface area (Å²) in [5, 5.41) is 4.70. The lowest BCUT2D eigenvalue weighted by Gasteiger charge is -2.15. The predicted molar refractivity (Wildman–Crippen MR) is 84.8 cm³/mol. The first-order valence-corrected chi connectivity index (χ1v) is 7.64. The molecule has 0 amide bonds. The Morgan fingerprint density at radius 2 is 1.95 bits per heavy atom. The summed E-state index contributed by atoms with van der Waals surface area (Å²) in [6.45, 7) is 8.31. The number of rotatable bonds is 8. The number of hydrogen-bond donors (Lipinski definition) is 1. The number of nitrogens with zero attached hydrogens (tertiary/aromatic N) is 1. The highest BCUT2D eigenvalue weighted by Gasteiger charge is 2.14. The molecule has 2 rings (SSSR count). The molecule has 0 radical (unpaired) electrons. The van der Waals surface area contributed by atoms with Crippen molar-refractivity contribution in [1.29, 1.82) is 0 Å². The molecular weight excluding hydrogens is 248 g/mol. The van der Waals surface area contributed by atoms with E-state index in [1.54, 1.807) is 0 Å². The number of hydrogen-bond acceptors (Lipinski definition) is 3. The Balaban J connectivity index is 2.24. The van der Waals surface area contributed by atoms with Crippen LogP contribution in [0.5, 0.6) is 0 Å². The lowest BCUT2D eigenvalue weighted by atomic mass is 10.1. The van der Waals surface area contributed by atoms with E-state index in [9.17, 15) is 0 Å². The van der Waals surface area contributed by atoms with Gasteiger partial charge in [0, 0.05) is 17.5 Å². The Kier molecular flexibility index (Phi) is 5.62. The largest absolute Gasteiger partial charge is 0.459 e. The molecule has 0 unspecified atom stereocenters. The van der Waals surface area contributed by atoms with Gasteiger partial charge < -0.3 is 14.6 Å². The molecule has 1 aromatic carbocycles. The molecule has 0 aliphatic heterocycles. The Morgan fingerprint density at radius 3 is 2.70 bits per heavy atom. The minimum Gasteiger partial charge on any atom is -0.459 e. The van der Waals surface area contributed by atoms with Gasteiger partial charge in [0.15, 0.2) is 0 Å². The van der Waals surface area contributed by atoms with E-state index in [-0.39, 0.29) is 0 Å². The summed E-state index contributed by atoms with van der Waals surface area (Å²) in [6, 6.07) is 8.35. The van der Waals surface area contributed by atoms with Crippen LogP contribution < -0.4 is 5.32 Å². The minimum absolute atomic E-state index is 0.817. The van der Waals surface area contributed by atoms with Gasteiger partial charge in [0.1, 0.15) is 11.3 Å². The Bertz CT molecular complexity index is 533. The molecule has 0 saturated carbocycles. The van der Waals surface area contributed by atoms with E-state index in [4.69, 9.17) is 4.42 Å². The zero-order valence-corrected chi connectivity index (χ0v) is 12.9. The zero-order chi connectivity index (χ0) is 14.4. The molecule has 3 heteroatoms. The molecule has 0 spiro atoms. The SMILES string of the molecule is CCCNCc1oc2ccccc2c1CN(C)CCC. The van der Waals surface area contributed by atoms with Crippen molar-refractivity contribution in [3.8, 4) is 0 Å². The predicted octanol–water partition coefficient (Wildman–Crippen LogP) is 3.77. The van der Waals surface area contributed by atoms with Gasteiger partial charge in [-0.3, -0.25) is 0 Å². The molecule has 0 fully saturated rings. The first kappa shape index (κ1) is 15.1. The van der Waals surface area contributed by atoms with Crippen LogP contribution in [0.15, 0.2) is 28.7 Å². The van der Waals surface area contributed by atoms with E-state index < -0.39 is 0 Å². The standard InChI is InChI=1S/C17H26N2O/c1-4-10-18-12-17-15(13-19(3)11-5-2)14-8-6-7-9-16(14)20-17/h6-9,18H,4-5,10-13H2,1-3H3. The van der Waals surface area contributed by atoms with Gasteiger partial charge in [0.25, 0.3) is 0 Å². The summed E-state index contributed by atoms with van der Waals surface area (Å²) >= 11 is 0. The number of para-hydroxylation sites is 1. The molecule has 1 N–H and O–H groups in total. The van der Waals surface area contributed by atoms with Crippen LogP contribution >= 0.6 is 0 Å². The normalized spacial score (nSPS) is 11.6. The van der Waals surface area contributed by atoms with E-state index >= 15 is 0 Å². The maximum Gasteiger partial charge on any atom is 0.134 e. The van der Waals surface area contributed by atoms with Crippen LogP contribution in [0, 0.1) is 0 Å². The van der Waals surface area contributed by atoms with Crippen LogP contribution in [0.25, 0.3) is 11.0 Å². The van der Waals surface area contributed by atoms with Crippen molar-refractivity contribution in [2.75, 3.05) is 20.1 Å². The summed E-state index contributed by atoms with van der Waals surface area (Å²) in [7, 11) is 2.18. The molecule has 0 atom stereocenters. The molecule has 2 aromatic rings. The summed E-state index contributed by atoms with van der Waals surface area (Å²) < 4.78 is 6.04. The average molecular weight is 274 g/mol. The fraction of sp³-hybridized carbons (Fsp3) is 0.529. The molecule has 0 saturated heterocycles. The van der Waals surface area contributed by atoms with Crippen LogP contribution in [0.1, 0.15) is 38.0 Å². The van der Waals surface area contributed by atoms with Crippen LogP contribution in [-0.4, -0.2) is 25.0 Å². The van der Waals surface area contributed by atoms with Gasteiger partial charge in [0.2, 0.25) is 0 Å². The molecule has 0 aliphatic carbocycles. The van der Waals surface area contributed by atoms with Crippen molar-refractivity contribution in [3.05, 3.63) is 35.6 Å². The minimum atomic E-state index is 0.817. The smallest absolute Gasteiger partial charge is 0.134 e. The van der Waals surface area contributed by atoms with Crippen molar-refractivity contribution in [3.63, 3.8) is 0 Å². The van der Waals surface area contributed by atoms with Gasteiger partial charge in [0.05, 0.1) is 6.54 Å². The van der Waals surface area contributed by atoms with Crippen LogP contribution in [0.4, 0.5) is 0 Å². The Morgan fingerprint density at radius 1 is 1.15 bits per heavy atom. The van der Waals surface area contributed by atoms with E-state index in [1.807, 2.05) is 6.07 Å². The van der Waals surface area contributed by atoms with Gasteiger partial charge in [-0.05, 0) is 39.0 Å². The molecule has 0 bridgehead atoms. The zero-order valence-electron chi connectivity index (χ0n) is 12.9. The third kappa shape index (κ3) is 3.62. The molecular formula is C17H26N2O. The summed E-state index contributed by atoms with van der Waals surface area (Å²) in [5.41, 5.74) is 2.33. The lowest BCUT2D eigenvalue weighted by Crippen LogP contribution is -2.20. The van der Waals surface area contributed by atoms with Crippen molar-refractivity contribution < 1.29 is 4.42 Å². The lowest BCUT2D eigenvalue weighted by molar-refractivity contribution is 0.324. The second-order valence-electron chi connectivity index (χ2n) is 5.41. The quantitative estimate of drug-likeness (QED) is 0.743. The molecule has 1 heterocycles. The van der Waals surface area contributed by atoms with Crippen molar-refractivity contribution in [2.45, 2.75) is 39.8 Å². The van der Waals surface area contributed by atoms with Crippen molar-refractivity contribution in [1.82, 2.24) is 10.2 Å². The first-order chi connectivity index (χ1) is 9.76. The molecule has 0 aliphatic rings. The molecule has 3 nitrogen and oxygen atoms in total. The third-order valence-electron chi connectivity index (χ3n) is 3.53. The van der Waals surface area contributed by atoms with Crippen molar-refractivity contribution >= 4 is 11.0 Å². The maximum atomic E-state index is 6.04. The highest BCUT2D eigenvalue weighted by Crippen LogP contribution is 2.27. The van der Waals surface area contributed by atoms with Crippen LogP contribution in [0.2, 0.25) is 0 Å². The van der Waals surface area contributed by atoms with E-state index in [2.05, 4.69) is 49.3 Å². The summed E-state index contributed by atoms with van der Waals surface area (Å²) in [5.74, 6) is 1.09. The van der Waals surface area contributed by atoms with Crippen LogP contribution in [0.3, 0.4) is 0 Å². The molecule has 110 valence electrons. The molecule has 1 aromatic heterocycles. The van der Waals surface area contributed by atoms with Gasteiger partial charge in [-0.2, -0.15) is 0 Å². The van der Waals surface area contributed by atoms with E-state index in [0.29, 0.717) is 0 Å². The van der Waals surface area contributed by atoms with Gasteiger partial charge in [-0.15, -0.1) is 0 Å². The van der Waals surface area contributed by atoms with E-state index in [1.165, 1.54) is 17.4 Å². The maximum absolute atomic E-state index is 6.04. The summed E-state index contributed by atoms with van der Waals surface area (Å²) in [6.07, 6.45) is 2.32. The Labute approximate surface area is 122 Å². The van der Waals surface area contributed by atoms with Crippen LogP contribution in [-0.2, 0) is 13.1 Å². The second-order valence-corrected chi connectivity index (χ2v) is 5.41. The number of furan rings is 1. The van der Waals surface area contributed by atoms with E-state index in [0.717, 1.165) is 43.9 Å². The number of nitrogens with one attached hydrogen (secondary N) is 1. The number of fused-ring (bicyclic) bond motifs is 1. The van der Waals surface area contributed by atoms with Gasteiger partial charge >= 0.3 is 0 Å². The van der Waals surface area contributed by atoms with Gasteiger partial charge in [-0.1, -0.05) is 32.0 Å². The Hall–Kier alpha value is -1.32. The number of benzene rings is 1. The topological polar surface area (TPSA) is 28.4 Å². The van der Waals surface area contributed by atoms with Gasteiger partial charge in [-0.25, -0.2) is 0 Å². The van der Waals surface area contributed by atoms with Crippen molar-refractivity contribution in [2.24, 2.45) is 0 Å². The molecule has 20 heavy (non-hydrogen) atoms. The summed E-state index contributed by atoms with van der Waals surface area (Å²) in [4.78, 5) is 2.36. The first-order valence-electron chi connectivity index (χ1n) is 7.64. The fourth-order valence-corrected chi connectivity index (χ4v) is 2.58. The average Bonchev–Trinajstić information content (AvgIpc) is 2.78. The third-order valence-corrected chi connectivity index (χ3v) is 3.53. The monoisotopic (exact) mass is 274 g/mol. The second kappa shape index (κ2) is 7.46. The highest BCUT2D eigenvalue weighted by atomic mass is 16.3. The highest BCUT2D eigenvalue weighted by molar-refractivity contribution is 5.82. The fourth-order valence-electron chi connectivity index (χ4n) is 2.58.